The van der Waals surface area contributed by atoms with Crippen LogP contribution in [0.1, 0.15) is 0 Å². The van der Waals surface area contributed by atoms with Crippen LogP contribution in [0.3, 0.4) is 0 Å². The van der Waals surface area contributed by atoms with Gasteiger partial charge >= 0.3 is 4.75 Å². The van der Waals surface area contributed by atoms with E-state index in [-0.39, 0.29) is 0 Å². The zero-order chi connectivity index (χ0) is 12.0. The predicted molar refractivity (Wildman–Crippen MR) is 52.1 cm³/mol. The van der Waals surface area contributed by atoms with E-state index in [1.165, 1.54) is 0 Å². The van der Waals surface area contributed by atoms with E-state index in [9.17, 15) is 29.8 Å². The highest BCUT2D eigenvalue weighted by atomic mass is 33.4. The second-order valence-electron chi connectivity index (χ2n) is 2.65. The van der Waals surface area contributed by atoms with Crippen LogP contribution in [0.2, 0.25) is 0 Å². The summed E-state index contributed by atoms with van der Waals surface area (Å²) in [5.41, 5.74) is 0. The van der Waals surface area contributed by atoms with E-state index in [1.807, 2.05) is 0 Å². The van der Waals surface area contributed by atoms with Gasteiger partial charge in [0.1, 0.15) is 0 Å². The van der Waals surface area contributed by atoms with E-state index in [1.54, 1.807) is 0 Å². The average molecular weight is 284 g/mol. The first-order valence-corrected chi connectivity index (χ1v) is 12.2. The Balaban J connectivity index is 6.60. The normalized spacial score (nSPS) is 15.4. The van der Waals surface area contributed by atoms with Gasteiger partial charge in [0.2, 0.25) is 28.4 Å². The van der Waals surface area contributed by atoms with E-state index in [0.29, 0.717) is 18.8 Å². The van der Waals surface area contributed by atoms with Gasteiger partial charge in [-0.2, -0.15) is 0 Å². The molecule has 0 aliphatic rings. The van der Waals surface area contributed by atoms with E-state index in [2.05, 4.69) is 0 Å². The van der Waals surface area contributed by atoms with Crippen molar-refractivity contribution < 1.29 is 29.8 Å². The van der Waals surface area contributed by atoms with Crippen molar-refractivity contribution in [3.63, 3.8) is 0 Å². The third-order valence-corrected chi connectivity index (χ3v) is 25.6. The smallest absolute Gasteiger partial charge is 0.273 e. The average Bonchev–Trinajstić information content (AvgIpc) is 1.77. The Kier molecular flexibility index (Phi) is 3.31. The van der Waals surface area contributed by atoms with Crippen LogP contribution in [0.25, 0.3) is 0 Å². The zero-order valence-corrected chi connectivity index (χ0v) is 10.9. The Bertz CT molecular complexity index is 491. The Morgan fingerprint density at radius 1 is 0.643 bits per heavy atom. The lowest BCUT2D eigenvalue weighted by Crippen LogP contribution is -2.15. The molecule has 86 valence electrons. The van der Waals surface area contributed by atoms with Crippen LogP contribution in [0.4, 0.5) is 0 Å². The maximum absolute atomic E-state index is 11.5. The topological polar surface area (TPSA) is 119 Å². The minimum atomic E-state index is -5.35. The highest BCUT2D eigenvalue weighted by molar-refractivity contribution is 9.08. The van der Waals surface area contributed by atoms with Gasteiger partial charge in [0.05, 0.1) is 0 Å². The summed E-state index contributed by atoms with van der Waals surface area (Å²) in [6, 6.07) is 0. The highest BCUT2D eigenvalue weighted by Gasteiger charge is 2.54. The summed E-state index contributed by atoms with van der Waals surface area (Å²) in [6.45, 7) is 0. The largest absolute Gasteiger partial charge is 0.406 e. The predicted octanol–water partition coefficient (Wildman–Crippen LogP) is -0.772. The molecular formula is C3H9O7PS3. The molecule has 7 nitrogen and oxygen atoms in total. The molecule has 0 atom stereocenters. The lowest BCUT2D eigenvalue weighted by atomic mass is 12.0. The molecular weight excluding hydrogens is 275 g/mol. The molecule has 0 aromatic heterocycles. The van der Waals surface area contributed by atoms with Crippen molar-refractivity contribution in [2.45, 2.75) is 0 Å². The molecule has 0 saturated heterocycles. The minimum Gasteiger partial charge on any atom is -0.273 e. The van der Waals surface area contributed by atoms with Crippen molar-refractivity contribution >= 4 is 33.1 Å². The second-order valence-corrected chi connectivity index (χ2v) is 20.6. The summed E-state index contributed by atoms with van der Waals surface area (Å²) < 4.78 is 71.7. The summed E-state index contributed by atoms with van der Waals surface area (Å²) in [7, 11) is -14.1. The van der Waals surface area contributed by atoms with Crippen molar-refractivity contribution in [2.75, 3.05) is 18.8 Å². The molecule has 0 aromatic carbocycles. The summed E-state index contributed by atoms with van der Waals surface area (Å²) >= 11 is 0. The first-order valence-electron chi connectivity index (χ1n) is 2.96. The Labute approximate surface area is 81.9 Å². The molecule has 0 aliphatic carbocycles. The van der Waals surface area contributed by atoms with Crippen LogP contribution in [0.5, 0.6) is 0 Å². The van der Waals surface area contributed by atoms with Crippen LogP contribution in [-0.2, 0) is 32.9 Å². The maximum atomic E-state index is 11.5. The van der Waals surface area contributed by atoms with Crippen LogP contribution >= 0.6 is 4.75 Å². The van der Waals surface area contributed by atoms with Gasteiger partial charge in [-0.3, -0.25) is 4.57 Å². The lowest BCUT2D eigenvalue weighted by molar-refractivity contribution is 0.571. The monoisotopic (exact) mass is 284 g/mol. The van der Waals surface area contributed by atoms with Gasteiger partial charge in [0, 0.05) is 18.8 Å². The molecule has 0 fully saturated rings. The zero-order valence-electron chi connectivity index (χ0n) is 7.53. The van der Waals surface area contributed by atoms with Crippen molar-refractivity contribution in [1.29, 1.82) is 0 Å². The third-order valence-electron chi connectivity index (χ3n) is 1.22. The molecule has 11 heteroatoms. The van der Waals surface area contributed by atoms with Crippen LogP contribution in [0, 0.1) is 0 Å². The van der Waals surface area contributed by atoms with E-state index in [0.717, 1.165) is 0 Å². The van der Waals surface area contributed by atoms with E-state index >= 15 is 0 Å². The summed E-state index contributed by atoms with van der Waals surface area (Å²) in [4.78, 5) is 0. The fourth-order valence-corrected chi connectivity index (χ4v) is 19.9. The lowest BCUT2D eigenvalue weighted by Gasteiger charge is -2.10. The fourth-order valence-electron chi connectivity index (χ4n) is 0.738. The van der Waals surface area contributed by atoms with Gasteiger partial charge < -0.3 is 0 Å². The Hall–Kier alpha value is 0.0800. The second kappa shape index (κ2) is 3.29. The molecule has 0 amide bonds. The van der Waals surface area contributed by atoms with Crippen molar-refractivity contribution in [2.24, 2.45) is 0 Å². The summed E-state index contributed by atoms with van der Waals surface area (Å²) in [6.07, 6.45) is 0.946. The molecule has 0 heterocycles. The van der Waals surface area contributed by atoms with Crippen LogP contribution < -0.4 is 0 Å². The maximum Gasteiger partial charge on any atom is 0.406 e. The minimum absolute atomic E-state index is 0.315. The van der Waals surface area contributed by atoms with Crippen LogP contribution in [-0.4, -0.2) is 44.0 Å². The number of hydrogen-bond acceptors (Lipinski definition) is 7. The summed E-state index contributed by atoms with van der Waals surface area (Å²) in [5.74, 6) is 0. The number of hydrogen-bond donors (Lipinski definition) is 0. The SMILES string of the molecule is CS(=O)(=O)P(=O)(S(C)(=O)=O)S(C)(=O)=O. The van der Waals surface area contributed by atoms with Gasteiger partial charge in [-0.05, 0) is 0 Å². The Morgan fingerprint density at radius 2 is 0.786 bits per heavy atom. The molecule has 0 bridgehead atoms. The summed E-state index contributed by atoms with van der Waals surface area (Å²) in [5, 5.41) is 0. The molecule has 0 saturated carbocycles. The van der Waals surface area contributed by atoms with Gasteiger partial charge in [-0.1, -0.05) is 0 Å². The molecule has 0 rings (SSSR count). The quantitative estimate of drug-likeness (QED) is 0.624. The molecule has 0 unspecified atom stereocenters. The van der Waals surface area contributed by atoms with E-state index < -0.39 is 33.1 Å². The van der Waals surface area contributed by atoms with Gasteiger partial charge in [0.25, 0.3) is 0 Å². The van der Waals surface area contributed by atoms with Crippen molar-refractivity contribution in [3.05, 3.63) is 0 Å². The van der Waals surface area contributed by atoms with Crippen LogP contribution in [0.15, 0.2) is 0 Å². The highest BCUT2D eigenvalue weighted by Crippen LogP contribution is 2.61. The first-order chi connectivity index (χ1) is 5.75. The molecule has 14 heavy (non-hydrogen) atoms. The first kappa shape index (κ1) is 14.1. The molecule has 0 aliphatic heterocycles. The van der Waals surface area contributed by atoms with Gasteiger partial charge in [0.15, 0.2) is 0 Å². The molecule has 0 spiro atoms. The fraction of sp³-hybridized carbons (Fsp3) is 1.00. The molecule has 0 aromatic rings. The molecule has 0 radical (unpaired) electrons. The number of rotatable bonds is 3. The van der Waals surface area contributed by atoms with Gasteiger partial charge in [-0.25, -0.2) is 25.3 Å². The standard InChI is InChI=1S/C3H9O7PS3/c1-12(5,6)11(4,13(2,7)8)14(3,9)10/h1-3H3. The molecule has 0 N–H and O–H groups in total. The van der Waals surface area contributed by atoms with Gasteiger partial charge in [-0.15, -0.1) is 0 Å². The Morgan fingerprint density at radius 3 is 0.786 bits per heavy atom. The van der Waals surface area contributed by atoms with Crippen molar-refractivity contribution in [3.8, 4) is 0 Å². The van der Waals surface area contributed by atoms with Crippen molar-refractivity contribution in [1.82, 2.24) is 0 Å². The third kappa shape index (κ3) is 2.02. The van der Waals surface area contributed by atoms with E-state index in [4.69, 9.17) is 0 Å².